The fourth-order valence-electron chi connectivity index (χ4n) is 4.10. The highest BCUT2D eigenvalue weighted by atomic mass is 32.1. The van der Waals surface area contributed by atoms with Crippen molar-refractivity contribution in [3.05, 3.63) is 21.9 Å². The van der Waals surface area contributed by atoms with Crippen molar-refractivity contribution in [2.75, 3.05) is 59.5 Å². The van der Waals surface area contributed by atoms with Crippen LogP contribution in [0.5, 0.6) is 0 Å². The molecule has 152 valence electrons. The first kappa shape index (κ1) is 20.6. The van der Waals surface area contributed by atoms with E-state index in [1.807, 2.05) is 18.4 Å². The molecule has 2 N–H and O–H groups in total. The zero-order valence-corrected chi connectivity index (χ0v) is 17.9. The predicted octanol–water partition coefficient (Wildman–Crippen LogP) is 2.08. The molecule has 0 bridgehead atoms. The zero-order valence-electron chi connectivity index (χ0n) is 17.0. The summed E-state index contributed by atoms with van der Waals surface area (Å²) >= 11 is 1.90. The van der Waals surface area contributed by atoms with Crippen molar-refractivity contribution in [3.63, 3.8) is 0 Å². The third-order valence-corrected chi connectivity index (χ3v) is 6.77. The van der Waals surface area contributed by atoms with Crippen LogP contribution < -0.4 is 10.6 Å². The van der Waals surface area contributed by atoms with Gasteiger partial charge in [0.2, 0.25) is 0 Å². The van der Waals surface area contributed by atoms with Crippen LogP contribution in [0.4, 0.5) is 0 Å². The second kappa shape index (κ2) is 10.4. The summed E-state index contributed by atoms with van der Waals surface area (Å²) in [7, 11) is 1.86. The second-order valence-corrected chi connectivity index (χ2v) is 8.69. The predicted molar refractivity (Wildman–Crippen MR) is 114 cm³/mol. The average Bonchev–Trinajstić information content (AvgIpc) is 3.34. The standard InChI is InChI=1S/C20H35N5OS/c1-4-24-9-5-6-17(24)14-22-20(21-3)23-15-18(19-8-7-16(2)27-19)25-10-12-26-13-11-25/h7-8,17-18H,4-6,9-15H2,1-3H3,(H2,21,22,23). The Morgan fingerprint density at radius 1 is 1.30 bits per heavy atom. The lowest BCUT2D eigenvalue weighted by atomic mass is 10.2. The van der Waals surface area contributed by atoms with Gasteiger partial charge in [-0.05, 0) is 45.0 Å². The summed E-state index contributed by atoms with van der Waals surface area (Å²) in [4.78, 5) is 12.3. The number of hydrogen-bond donors (Lipinski definition) is 2. The molecular weight excluding hydrogens is 358 g/mol. The Labute approximate surface area is 168 Å². The third kappa shape index (κ3) is 5.67. The Morgan fingerprint density at radius 2 is 2.11 bits per heavy atom. The molecule has 2 atom stereocenters. The van der Waals surface area contributed by atoms with E-state index in [2.05, 4.69) is 51.4 Å². The quantitative estimate of drug-likeness (QED) is 0.549. The van der Waals surface area contributed by atoms with Gasteiger partial charge in [-0.3, -0.25) is 14.8 Å². The van der Waals surface area contributed by atoms with Crippen LogP contribution in [0.3, 0.4) is 0 Å². The Hall–Kier alpha value is -1.15. The summed E-state index contributed by atoms with van der Waals surface area (Å²) in [6, 6.07) is 5.49. The molecule has 0 aliphatic carbocycles. The van der Waals surface area contributed by atoms with Gasteiger partial charge in [-0.1, -0.05) is 6.92 Å². The van der Waals surface area contributed by atoms with E-state index in [1.165, 1.54) is 29.1 Å². The highest BCUT2D eigenvalue weighted by Crippen LogP contribution is 2.27. The molecule has 2 saturated heterocycles. The summed E-state index contributed by atoms with van der Waals surface area (Å²) in [5, 5.41) is 7.12. The van der Waals surface area contributed by atoms with Crippen molar-refractivity contribution in [2.45, 2.75) is 38.8 Å². The number of ether oxygens (including phenoxy) is 1. The number of likely N-dealkylation sites (tertiary alicyclic amines) is 1. The van der Waals surface area contributed by atoms with Gasteiger partial charge in [0.25, 0.3) is 0 Å². The summed E-state index contributed by atoms with van der Waals surface area (Å²) in [5.74, 6) is 0.907. The fraction of sp³-hybridized carbons (Fsp3) is 0.750. The van der Waals surface area contributed by atoms with E-state index in [9.17, 15) is 0 Å². The largest absolute Gasteiger partial charge is 0.379 e. The van der Waals surface area contributed by atoms with Crippen LogP contribution in [0.15, 0.2) is 17.1 Å². The highest BCUT2D eigenvalue weighted by Gasteiger charge is 2.25. The summed E-state index contributed by atoms with van der Waals surface area (Å²) < 4.78 is 5.55. The van der Waals surface area contributed by atoms with E-state index >= 15 is 0 Å². The lowest BCUT2D eigenvalue weighted by molar-refractivity contribution is 0.0177. The Bertz CT molecular complexity index is 599. The summed E-state index contributed by atoms with van der Waals surface area (Å²) in [5.41, 5.74) is 0. The van der Waals surface area contributed by atoms with Crippen molar-refractivity contribution in [1.82, 2.24) is 20.4 Å². The number of guanidine groups is 1. The van der Waals surface area contributed by atoms with Gasteiger partial charge in [-0.15, -0.1) is 11.3 Å². The monoisotopic (exact) mass is 393 g/mol. The van der Waals surface area contributed by atoms with Crippen molar-refractivity contribution >= 4 is 17.3 Å². The number of rotatable bonds is 7. The second-order valence-electron chi connectivity index (χ2n) is 7.37. The molecule has 0 radical (unpaired) electrons. The number of aliphatic imine (C=N–C) groups is 1. The highest BCUT2D eigenvalue weighted by molar-refractivity contribution is 7.12. The van der Waals surface area contributed by atoms with Crippen LogP contribution in [0.1, 0.15) is 35.6 Å². The molecule has 1 aromatic rings. The topological polar surface area (TPSA) is 52.1 Å². The van der Waals surface area contributed by atoms with Crippen molar-refractivity contribution in [2.24, 2.45) is 4.99 Å². The maximum Gasteiger partial charge on any atom is 0.191 e. The molecule has 1 aromatic heterocycles. The minimum Gasteiger partial charge on any atom is -0.379 e. The number of thiophene rings is 1. The first-order valence-corrected chi connectivity index (χ1v) is 11.1. The molecule has 2 fully saturated rings. The van der Waals surface area contributed by atoms with Gasteiger partial charge >= 0.3 is 0 Å². The lowest BCUT2D eigenvalue weighted by Gasteiger charge is -2.34. The van der Waals surface area contributed by atoms with Crippen molar-refractivity contribution in [1.29, 1.82) is 0 Å². The van der Waals surface area contributed by atoms with E-state index in [0.717, 1.165) is 51.9 Å². The van der Waals surface area contributed by atoms with Gasteiger partial charge in [-0.25, -0.2) is 0 Å². The molecule has 0 amide bonds. The Balaban J connectivity index is 1.56. The molecule has 2 unspecified atom stereocenters. The number of morpholine rings is 1. The lowest BCUT2D eigenvalue weighted by Crippen LogP contribution is -2.48. The van der Waals surface area contributed by atoms with Gasteiger partial charge in [-0.2, -0.15) is 0 Å². The van der Waals surface area contributed by atoms with Crippen LogP contribution in [-0.2, 0) is 4.74 Å². The van der Waals surface area contributed by atoms with Gasteiger partial charge in [0.05, 0.1) is 19.3 Å². The maximum absolute atomic E-state index is 5.55. The van der Waals surface area contributed by atoms with Crippen LogP contribution in [0.2, 0.25) is 0 Å². The van der Waals surface area contributed by atoms with Gasteiger partial charge < -0.3 is 15.4 Å². The molecule has 0 spiro atoms. The minimum atomic E-state index is 0.366. The SMILES string of the molecule is CCN1CCCC1CNC(=NC)NCC(c1ccc(C)s1)N1CCOCC1. The van der Waals surface area contributed by atoms with E-state index in [-0.39, 0.29) is 0 Å². The molecule has 0 aromatic carbocycles. The zero-order chi connectivity index (χ0) is 19.1. The van der Waals surface area contributed by atoms with E-state index in [0.29, 0.717) is 12.1 Å². The molecule has 2 aliphatic rings. The summed E-state index contributed by atoms with van der Waals surface area (Å²) in [6.07, 6.45) is 2.59. The van der Waals surface area contributed by atoms with E-state index in [4.69, 9.17) is 4.74 Å². The molecule has 3 rings (SSSR count). The van der Waals surface area contributed by atoms with E-state index < -0.39 is 0 Å². The molecule has 2 aliphatic heterocycles. The van der Waals surface area contributed by atoms with Crippen LogP contribution >= 0.6 is 11.3 Å². The average molecular weight is 394 g/mol. The molecule has 7 heteroatoms. The van der Waals surface area contributed by atoms with Crippen LogP contribution in [0, 0.1) is 6.92 Å². The number of aryl methyl sites for hydroxylation is 1. The first-order valence-electron chi connectivity index (χ1n) is 10.3. The third-order valence-electron chi connectivity index (χ3n) is 5.67. The van der Waals surface area contributed by atoms with Gasteiger partial charge in [0.1, 0.15) is 0 Å². The Morgan fingerprint density at radius 3 is 2.78 bits per heavy atom. The van der Waals surface area contributed by atoms with Crippen LogP contribution in [0.25, 0.3) is 0 Å². The number of likely N-dealkylation sites (N-methyl/N-ethyl adjacent to an activating group) is 1. The number of nitrogens with one attached hydrogen (secondary N) is 2. The number of nitrogens with zero attached hydrogens (tertiary/aromatic N) is 3. The summed E-state index contributed by atoms with van der Waals surface area (Å²) in [6.45, 7) is 12.2. The minimum absolute atomic E-state index is 0.366. The molecule has 0 saturated carbocycles. The Kier molecular flexibility index (Phi) is 7.93. The normalized spacial score (nSPS) is 23.5. The molecule has 6 nitrogen and oxygen atoms in total. The molecule has 27 heavy (non-hydrogen) atoms. The fourth-order valence-corrected chi connectivity index (χ4v) is 5.11. The number of hydrogen-bond acceptors (Lipinski definition) is 5. The molecule has 3 heterocycles. The molecular formula is C20H35N5OS. The van der Waals surface area contributed by atoms with Crippen molar-refractivity contribution < 1.29 is 4.74 Å². The first-order chi connectivity index (χ1) is 13.2. The van der Waals surface area contributed by atoms with Gasteiger partial charge in [0, 0.05) is 49.0 Å². The van der Waals surface area contributed by atoms with E-state index in [1.54, 1.807) is 0 Å². The van der Waals surface area contributed by atoms with Crippen LogP contribution in [-0.4, -0.2) is 81.3 Å². The maximum atomic E-state index is 5.55. The van der Waals surface area contributed by atoms with Crippen molar-refractivity contribution in [3.8, 4) is 0 Å². The smallest absolute Gasteiger partial charge is 0.191 e. The van der Waals surface area contributed by atoms with Gasteiger partial charge in [0.15, 0.2) is 5.96 Å².